The van der Waals surface area contributed by atoms with Crippen LogP contribution >= 0.6 is 27.3 Å². The van der Waals surface area contributed by atoms with Crippen LogP contribution in [0.15, 0.2) is 40.2 Å². The number of halogens is 1. The first-order chi connectivity index (χ1) is 7.74. The van der Waals surface area contributed by atoms with E-state index in [1.165, 1.54) is 16.0 Å². The van der Waals surface area contributed by atoms with E-state index in [-0.39, 0.29) is 0 Å². The largest absolute Gasteiger partial charge is 0.308 e. The Morgan fingerprint density at radius 1 is 1.25 bits per heavy atom. The van der Waals surface area contributed by atoms with Crippen molar-refractivity contribution >= 4 is 27.3 Å². The lowest BCUT2D eigenvalue weighted by Gasteiger charge is -2.05. The molecule has 0 aliphatic heterocycles. The second-order valence-corrected chi connectivity index (χ2v) is 5.77. The minimum absolute atomic E-state index is 0.915. The Bertz CT molecular complexity index is 431. The predicted octanol–water partition coefficient (Wildman–Crippen LogP) is 4.11. The molecule has 0 fully saturated rings. The molecule has 0 bridgehead atoms. The van der Waals surface area contributed by atoms with Crippen LogP contribution in [0.2, 0.25) is 0 Å². The summed E-state index contributed by atoms with van der Waals surface area (Å²) in [5.41, 5.74) is 2.62. The van der Waals surface area contributed by atoms with E-state index in [4.69, 9.17) is 0 Å². The molecule has 0 spiro atoms. The summed E-state index contributed by atoms with van der Waals surface area (Å²) in [5, 5.41) is 5.56. The van der Waals surface area contributed by atoms with E-state index in [1.807, 2.05) is 0 Å². The van der Waals surface area contributed by atoms with Crippen molar-refractivity contribution in [3.63, 3.8) is 0 Å². The van der Waals surface area contributed by atoms with Gasteiger partial charge in [-0.15, -0.1) is 11.3 Å². The topological polar surface area (TPSA) is 12.0 Å². The van der Waals surface area contributed by atoms with Gasteiger partial charge in [-0.05, 0) is 41.6 Å². The summed E-state index contributed by atoms with van der Waals surface area (Å²) in [7, 11) is 0. The second-order valence-electron chi connectivity index (χ2n) is 3.82. The van der Waals surface area contributed by atoms with Crippen molar-refractivity contribution in [2.45, 2.75) is 20.0 Å². The van der Waals surface area contributed by atoms with E-state index in [0.29, 0.717) is 0 Å². The maximum atomic E-state index is 3.52. The zero-order valence-electron chi connectivity index (χ0n) is 9.16. The van der Waals surface area contributed by atoms with E-state index < -0.39 is 0 Å². The Hall–Kier alpha value is -0.640. The van der Waals surface area contributed by atoms with E-state index in [2.05, 4.69) is 63.9 Å². The third kappa shape index (κ3) is 3.44. The fraction of sp³-hybridized carbons (Fsp3) is 0.231. The third-order valence-corrected chi connectivity index (χ3v) is 3.64. The fourth-order valence-electron chi connectivity index (χ4n) is 1.66. The molecule has 0 aliphatic rings. The Morgan fingerprint density at radius 3 is 2.81 bits per heavy atom. The molecular weight excluding hydrogens is 282 g/mol. The van der Waals surface area contributed by atoms with Gasteiger partial charge in [-0.25, -0.2) is 0 Å². The smallest absolute Gasteiger partial charge is 0.0302 e. The predicted molar refractivity (Wildman–Crippen MR) is 73.7 cm³/mol. The normalized spacial score (nSPS) is 10.6. The van der Waals surface area contributed by atoms with Gasteiger partial charge in [-0.1, -0.05) is 28.1 Å². The first-order valence-electron chi connectivity index (χ1n) is 5.23. The lowest BCUT2D eigenvalue weighted by atomic mass is 10.1. The molecule has 1 aromatic heterocycles. The highest BCUT2D eigenvalue weighted by molar-refractivity contribution is 9.10. The minimum Gasteiger partial charge on any atom is -0.308 e. The summed E-state index contributed by atoms with van der Waals surface area (Å²) in [6.45, 7) is 3.98. The second kappa shape index (κ2) is 5.62. The molecule has 0 aliphatic carbocycles. The van der Waals surface area contributed by atoms with Gasteiger partial charge in [0.1, 0.15) is 0 Å². The number of hydrogen-bond acceptors (Lipinski definition) is 2. The maximum absolute atomic E-state index is 3.52. The fourth-order valence-corrected chi connectivity index (χ4v) is 2.99. The quantitative estimate of drug-likeness (QED) is 0.895. The van der Waals surface area contributed by atoms with Crippen LogP contribution < -0.4 is 5.32 Å². The molecule has 0 amide bonds. The summed E-state index contributed by atoms with van der Waals surface area (Å²) in [4.78, 5) is 1.38. The Kier molecular flexibility index (Phi) is 4.16. The van der Waals surface area contributed by atoms with Crippen molar-refractivity contribution < 1.29 is 0 Å². The minimum atomic E-state index is 0.915. The van der Waals surface area contributed by atoms with Crippen molar-refractivity contribution in [1.29, 1.82) is 0 Å². The SMILES string of the molecule is Cc1cc(Br)cc(CNCc2cccs2)c1. The lowest BCUT2D eigenvalue weighted by Crippen LogP contribution is -2.11. The number of aryl methyl sites for hydroxylation is 1. The number of rotatable bonds is 4. The van der Waals surface area contributed by atoms with Gasteiger partial charge < -0.3 is 5.32 Å². The average molecular weight is 296 g/mol. The molecule has 84 valence electrons. The van der Waals surface area contributed by atoms with Crippen LogP contribution in [0.4, 0.5) is 0 Å². The van der Waals surface area contributed by atoms with Crippen LogP contribution in [0.1, 0.15) is 16.0 Å². The molecular formula is C13H14BrNS. The molecule has 1 N–H and O–H groups in total. The van der Waals surface area contributed by atoms with Crippen LogP contribution in [0, 0.1) is 6.92 Å². The van der Waals surface area contributed by atoms with Crippen LogP contribution in [0.25, 0.3) is 0 Å². The molecule has 0 saturated carbocycles. The molecule has 0 saturated heterocycles. The summed E-state index contributed by atoms with van der Waals surface area (Å²) >= 11 is 5.31. The Labute approximate surface area is 109 Å². The summed E-state index contributed by atoms with van der Waals surface area (Å²) in [5.74, 6) is 0. The zero-order valence-corrected chi connectivity index (χ0v) is 11.6. The summed E-state index contributed by atoms with van der Waals surface area (Å²) < 4.78 is 1.15. The van der Waals surface area contributed by atoms with Crippen molar-refractivity contribution in [2.24, 2.45) is 0 Å². The lowest BCUT2D eigenvalue weighted by molar-refractivity contribution is 0.700. The van der Waals surface area contributed by atoms with Crippen molar-refractivity contribution in [2.75, 3.05) is 0 Å². The Balaban J connectivity index is 1.89. The number of nitrogens with one attached hydrogen (secondary N) is 1. The molecule has 1 nitrogen and oxygen atoms in total. The van der Waals surface area contributed by atoms with Crippen molar-refractivity contribution in [1.82, 2.24) is 5.32 Å². The summed E-state index contributed by atoms with van der Waals surface area (Å²) in [6.07, 6.45) is 0. The van der Waals surface area contributed by atoms with Gasteiger partial charge in [0.25, 0.3) is 0 Å². The Morgan fingerprint density at radius 2 is 2.12 bits per heavy atom. The van der Waals surface area contributed by atoms with Gasteiger partial charge >= 0.3 is 0 Å². The number of thiophene rings is 1. The first-order valence-corrected chi connectivity index (χ1v) is 6.90. The van der Waals surface area contributed by atoms with Gasteiger partial charge in [0.2, 0.25) is 0 Å². The molecule has 0 unspecified atom stereocenters. The van der Waals surface area contributed by atoms with Crippen molar-refractivity contribution in [3.05, 3.63) is 56.2 Å². The highest BCUT2D eigenvalue weighted by Crippen LogP contribution is 2.15. The van der Waals surface area contributed by atoms with E-state index in [0.717, 1.165) is 17.6 Å². The van der Waals surface area contributed by atoms with Crippen LogP contribution in [0.3, 0.4) is 0 Å². The van der Waals surface area contributed by atoms with Crippen LogP contribution in [-0.4, -0.2) is 0 Å². The van der Waals surface area contributed by atoms with Gasteiger partial charge in [-0.3, -0.25) is 0 Å². The van der Waals surface area contributed by atoms with Gasteiger partial charge in [0, 0.05) is 22.4 Å². The molecule has 2 rings (SSSR count). The summed E-state index contributed by atoms with van der Waals surface area (Å²) in [6, 6.07) is 10.7. The molecule has 0 atom stereocenters. The van der Waals surface area contributed by atoms with Crippen LogP contribution in [0.5, 0.6) is 0 Å². The van der Waals surface area contributed by atoms with Gasteiger partial charge in [0.05, 0.1) is 0 Å². The molecule has 2 aromatic rings. The van der Waals surface area contributed by atoms with Gasteiger partial charge in [-0.2, -0.15) is 0 Å². The average Bonchev–Trinajstić information content (AvgIpc) is 2.69. The van der Waals surface area contributed by atoms with E-state index >= 15 is 0 Å². The molecule has 1 aromatic carbocycles. The number of hydrogen-bond donors (Lipinski definition) is 1. The maximum Gasteiger partial charge on any atom is 0.0302 e. The molecule has 0 radical (unpaired) electrons. The van der Waals surface area contributed by atoms with E-state index in [1.54, 1.807) is 11.3 Å². The first kappa shape index (κ1) is 11.8. The molecule has 16 heavy (non-hydrogen) atoms. The third-order valence-electron chi connectivity index (χ3n) is 2.31. The molecule has 3 heteroatoms. The highest BCUT2D eigenvalue weighted by atomic mass is 79.9. The van der Waals surface area contributed by atoms with Gasteiger partial charge in [0.15, 0.2) is 0 Å². The van der Waals surface area contributed by atoms with Crippen LogP contribution in [-0.2, 0) is 13.1 Å². The highest BCUT2D eigenvalue weighted by Gasteiger charge is 1.97. The number of benzene rings is 1. The standard InChI is InChI=1S/C13H14BrNS/c1-10-5-11(7-12(14)6-10)8-15-9-13-3-2-4-16-13/h2-7,15H,8-9H2,1H3. The molecule has 1 heterocycles. The monoisotopic (exact) mass is 295 g/mol. The van der Waals surface area contributed by atoms with E-state index in [9.17, 15) is 0 Å². The van der Waals surface area contributed by atoms with Crippen molar-refractivity contribution in [3.8, 4) is 0 Å². The zero-order chi connectivity index (χ0) is 11.4.